The van der Waals surface area contributed by atoms with Gasteiger partial charge in [0.15, 0.2) is 11.5 Å². The van der Waals surface area contributed by atoms with E-state index >= 15 is 0 Å². The molecule has 1 aliphatic heterocycles. The summed E-state index contributed by atoms with van der Waals surface area (Å²) in [4.78, 5) is 2.21. The maximum absolute atomic E-state index is 5.41. The molecule has 0 unspecified atom stereocenters. The number of rotatable bonds is 3. The summed E-state index contributed by atoms with van der Waals surface area (Å²) in [5.74, 6) is 2.44. The maximum Gasteiger partial charge on any atom is 0.185 e. The largest absolute Gasteiger partial charge is 0.496 e. The number of ether oxygens (including phenoxy) is 2. The normalized spacial score (nSPS) is 15.0. The summed E-state index contributed by atoms with van der Waals surface area (Å²) in [6.07, 6.45) is 0. The summed E-state index contributed by atoms with van der Waals surface area (Å²) in [5.41, 5.74) is 2.73. The van der Waals surface area contributed by atoms with E-state index in [9.17, 15) is 0 Å². The fourth-order valence-electron chi connectivity index (χ4n) is 2.88. The number of nitrogens with zero attached hydrogens (tertiary/aromatic N) is 5. The highest BCUT2D eigenvalue weighted by molar-refractivity contribution is 5.62. The minimum Gasteiger partial charge on any atom is -0.496 e. The van der Waals surface area contributed by atoms with Gasteiger partial charge in [-0.1, -0.05) is 12.1 Å². The molecule has 2 aromatic heterocycles. The van der Waals surface area contributed by atoms with Crippen LogP contribution in [0.4, 0.5) is 5.82 Å². The van der Waals surface area contributed by atoms with E-state index in [1.165, 1.54) is 0 Å². The zero-order valence-corrected chi connectivity index (χ0v) is 13.8. The fraction of sp³-hybridized carbons (Fsp3) is 0.353. The number of aromatic nitrogens is 4. The van der Waals surface area contributed by atoms with Crippen LogP contribution in [0.1, 0.15) is 5.56 Å². The van der Waals surface area contributed by atoms with Crippen LogP contribution in [0.25, 0.3) is 17.0 Å². The first kappa shape index (κ1) is 14.9. The Labute approximate surface area is 139 Å². The van der Waals surface area contributed by atoms with Crippen LogP contribution in [-0.4, -0.2) is 53.2 Å². The monoisotopic (exact) mass is 325 g/mol. The predicted octanol–water partition coefficient (Wildman–Crippen LogP) is 1.94. The smallest absolute Gasteiger partial charge is 0.185 e. The van der Waals surface area contributed by atoms with E-state index in [0.29, 0.717) is 5.82 Å². The first-order chi connectivity index (χ1) is 11.8. The van der Waals surface area contributed by atoms with Crippen molar-refractivity contribution >= 4 is 11.5 Å². The van der Waals surface area contributed by atoms with Gasteiger partial charge in [0.05, 0.1) is 20.3 Å². The zero-order chi connectivity index (χ0) is 16.5. The first-order valence-electron chi connectivity index (χ1n) is 7.96. The molecule has 1 aliphatic rings. The molecule has 0 N–H and O–H groups in total. The second-order valence-corrected chi connectivity index (χ2v) is 5.77. The van der Waals surface area contributed by atoms with Gasteiger partial charge in [-0.2, -0.15) is 4.52 Å². The Bertz CT molecular complexity index is 871. The molecule has 0 radical (unpaired) electrons. The molecule has 7 heteroatoms. The molecule has 1 saturated heterocycles. The van der Waals surface area contributed by atoms with Gasteiger partial charge in [-0.15, -0.1) is 15.3 Å². The molecule has 1 aromatic carbocycles. The van der Waals surface area contributed by atoms with Crippen LogP contribution < -0.4 is 9.64 Å². The number of anilines is 1. The lowest BCUT2D eigenvalue weighted by molar-refractivity contribution is 0.122. The van der Waals surface area contributed by atoms with Crippen molar-refractivity contribution in [2.75, 3.05) is 38.3 Å². The highest BCUT2D eigenvalue weighted by Gasteiger charge is 2.16. The Morgan fingerprint density at radius 3 is 2.71 bits per heavy atom. The third-order valence-corrected chi connectivity index (χ3v) is 4.25. The van der Waals surface area contributed by atoms with Gasteiger partial charge in [0, 0.05) is 18.7 Å². The molecular weight excluding hydrogens is 306 g/mol. The van der Waals surface area contributed by atoms with Crippen molar-refractivity contribution in [2.45, 2.75) is 6.92 Å². The lowest BCUT2D eigenvalue weighted by Crippen LogP contribution is -2.37. The molecular formula is C17H19N5O2. The second kappa shape index (κ2) is 6.09. The molecule has 0 saturated carbocycles. The number of fused-ring (bicyclic) bond motifs is 1. The summed E-state index contributed by atoms with van der Waals surface area (Å²) in [6, 6.07) is 9.92. The molecule has 124 valence electrons. The minimum atomic E-state index is 0.707. The molecule has 3 aromatic rings. The average Bonchev–Trinajstić information content (AvgIpc) is 3.06. The molecule has 24 heavy (non-hydrogen) atoms. The Morgan fingerprint density at radius 2 is 1.92 bits per heavy atom. The lowest BCUT2D eigenvalue weighted by Gasteiger charge is -2.27. The molecule has 1 fully saturated rings. The van der Waals surface area contributed by atoms with E-state index < -0.39 is 0 Å². The van der Waals surface area contributed by atoms with Gasteiger partial charge >= 0.3 is 0 Å². The number of morpholine rings is 1. The summed E-state index contributed by atoms with van der Waals surface area (Å²) in [5, 5.41) is 13.3. The molecule has 0 spiro atoms. The van der Waals surface area contributed by atoms with Crippen molar-refractivity contribution in [3.8, 4) is 17.1 Å². The average molecular weight is 325 g/mol. The van der Waals surface area contributed by atoms with Crippen LogP contribution in [0.2, 0.25) is 0 Å². The van der Waals surface area contributed by atoms with Gasteiger partial charge < -0.3 is 14.4 Å². The summed E-state index contributed by atoms with van der Waals surface area (Å²) < 4.78 is 12.6. The zero-order valence-electron chi connectivity index (χ0n) is 13.8. The third kappa shape index (κ3) is 2.56. The summed E-state index contributed by atoms with van der Waals surface area (Å²) >= 11 is 0. The van der Waals surface area contributed by atoms with E-state index in [1.807, 2.05) is 37.3 Å². The highest BCUT2D eigenvalue weighted by Crippen LogP contribution is 2.26. The van der Waals surface area contributed by atoms with Crippen LogP contribution in [0.15, 0.2) is 30.3 Å². The number of hydrogen-bond donors (Lipinski definition) is 0. The number of benzene rings is 1. The summed E-state index contributed by atoms with van der Waals surface area (Å²) in [7, 11) is 1.67. The number of methoxy groups -OCH3 is 1. The van der Waals surface area contributed by atoms with Crippen molar-refractivity contribution in [3.05, 3.63) is 35.9 Å². The topological polar surface area (TPSA) is 64.8 Å². The second-order valence-electron chi connectivity index (χ2n) is 5.77. The molecule has 0 aliphatic carbocycles. The Hall–Kier alpha value is -2.67. The van der Waals surface area contributed by atoms with Crippen LogP contribution in [0.5, 0.6) is 5.75 Å². The van der Waals surface area contributed by atoms with Gasteiger partial charge in [0.25, 0.3) is 0 Å². The standard InChI is InChI=1S/C17H19N5O2/c1-12-3-4-13(11-14(12)23-2)17-19-18-15-5-6-16(20-22(15)17)21-7-9-24-10-8-21/h3-6,11H,7-10H2,1-2H3. The van der Waals surface area contributed by atoms with Gasteiger partial charge in [-0.25, -0.2) is 0 Å². The van der Waals surface area contributed by atoms with Gasteiger partial charge in [0.1, 0.15) is 11.6 Å². The third-order valence-electron chi connectivity index (χ3n) is 4.25. The summed E-state index contributed by atoms with van der Waals surface area (Å²) in [6.45, 7) is 5.15. The first-order valence-corrected chi connectivity index (χ1v) is 7.96. The lowest BCUT2D eigenvalue weighted by atomic mass is 10.1. The highest BCUT2D eigenvalue weighted by atomic mass is 16.5. The van der Waals surface area contributed by atoms with Gasteiger partial charge in [0.2, 0.25) is 0 Å². The van der Waals surface area contributed by atoms with Crippen molar-refractivity contribution in [3.63, 3.8) is 0 Å². The predicted molar refractivity (Wildman–Crippen MR) is 90.5 cm³/mol. The van der Waals surface area contributed by atoms with Crippen LogP contribution >= 0.6 is 0 Å². The molecule has 4 rings (SSSR count). The number of hydrogen-bond acceptors (Lipinski definition) is 6. The van der Waals surface area contributed by atoms with Crippen LogP contribution in [0.3, 0.4) is 0 Å². The van der Waals surface area contributed by atoms with E-state index in [1.54, 1.807) is 11.6 Å². The van der Waals surface area contributed by atoms with E-state index in [2.05, 4.69) is 15.1 Å². The maximum atomic E-state index is 5.41. The van der Waals surface area contributed by atoms with Crippen molar-refractivity contribution in [1.82, 2.24) is 19.8 Å². The molecule has 0 amide bonds. The molecule has 0 bridgehead atoms. The fourth-order valence-corrected chi connectivity index (χ4v) is 2.88. The van der Waals surface area contributed by atoms with E-state index in [4.69, 9.17) is 14.6 Å². The molecule has 3 heterocycles. The molecule has 0 atom stereocenters. The van der Waals surface area contributed by atoms with Crippen LogP contribution in [0, 0.1) is 6.92 Å². The Kier molecular flexibility index (Phi) is 3.78. The quantitative estimate of drug-likeness (QED) is 0.733. The Morgan fingerprint density at radius 1 is 1.08 bits per heavy atom. The Balaban J connectivity index is 1.78. The van der Waals surface area contributed by atoms with Crippen molar-refractivity contribution in [1.29, 1.82) is 0 Å². The van der Waals surface area contributed by atoms with Gasteiger partial charge in [-0.3, -0.25) is 0 Å². The minimum absolute atomic E-state index is 0.707. The van der Waals surface area contributed by atoms with E-state index in [-0.39, 0.29) is 0 Å². The molecule has 7 nitrogen and oxygen atoms in total. The SMILES string of the molecule is COc1cc(-c2nnc3ccc(N4CCOCC4)nn23)ccc1C. The van der Waals surface area contributed by atoms with E-state index in [0.717, 1.165) is 54.6 Å². The van der Waals surface area contributed by atoms with Gasteiger partial charge in [-0.05, 0) is 30.7 Å². The van der Waals surface area contributed by atoms with Crippen molar-refractivity contribution in [2.24, 2.45) is 0 Å². The van der Waals surface area contributed by atoms with Crippen molar-refractivity contribution < 1.29 is 9.47 Å². The number of aryl methyl sites for hydroxylation is 1. The van der Waals surface area contributed by atoms with Crippen LogP contribution in [-0.2, 0) is 4.74 Å².